The van der Waals surface area contributed by atoms with Crippen LogP contribution in [0.1, 0.15) is 22.4 Å². The first-order valence-corrected chi connectivity index (χ1v) is 10.2. The highest BCUT2D eigenvalue weighted by Crippen LogP contribution is 2.26. The van der Waals surface area contributed by atoms with Crippen molar-refractivity contribution in [3.05, 3.63) is 91.3 Å². The van der Waals surface area contributed by atoms with Crippen LogP contribution in [0.25, 0.3) is 5.69 Å². The molecule has 0 fully saturated rings. The van der Waals surface area contributed by atoms with E-state index in [1.165, 1.54) is 17.7 Å². The van der Waals surface area contributed by atoms with E-state index < -0.39 is 11.6 Å². The molecule has 0 atom stereocenters. The third-order valence-corrected chi connectivity index (χ3v) is 5.51. The van der Waals surface area contributed by atoms with Gasteiger partial charge in [-0.1, -0.05) is 12.1 Å². The molecule has 8 heteroatoms. The maximum absolute atomic E-state index is 13.9. The van der Waals surface area contributed by atoms with Gasteiger partial charge in [0.25, 0.3) is 5.56 Å². The number of ether oxygens (including phenoxy) is 2. The van der Waals surface area contributed by atoms with E-state index in [9.17, 15) is 18.4 Å². The quantitative estimate of drug-likeness (QED) is 0.465. The minimum atomic E-state index is -0.719. The van der Waals surface area contributed by atoms with E-state index in [-0.39, 0.29) is 40.3 Å². The number of hydrogen-bond acceptors (Lipinski definition) is 4. The number of methoxy groups -OCH3 is 1. The lowest BCUT2D eigenvalue weighted by Gasteiger charge is -2.17. The highest BCUT2D eigenvalue weighted by Gasteiger charge is 2.16. The van der Waals surface area contributed by atoms with Crippen LogP contribution in [0, 0.1) is 25.5 Å². The van der Waals surface area contributed by atoms with E-state index in [1.807, 2.05) is 13.0 Å². The number of carbonyl (C=O) groups is 1. The maximum Gasteiger partial charge on any atom is 0.309 e. The van der Waals surface area contributed by atoms with Crippen LogP contribution in [0.4, 0.5) is 8.78 Å². The molecule has 0 N–H and O–H groups in total. The van der Waals surface area contributed by atoms with Crippen LogP contribution in [0.3, 0.4) is 0 Å². The number of benzene rings is 2. The lowest BCUT2D eigenvalue weighted by atomic mass is 10.1. The number of nitrogens with zero attached hydrogens (tertiary/aromatic N) is 1. The Morgan fingerprint density at radius 3 is 2.48 bits per heavy atom. The zero-order valence-corrected chi connectivity index (χ0v) is 18.8. The number of halogens is 3. The Kier molecular flexibility index (Phi) is 6.90. The number of rotatable bonds is 6. The van der Waals surface area contributed by atoms with E-state index in [1.54, 1.807) is 25.1 Å². The Bertz CT molecular complexity index is 1210. The molecule has 1 heterocycles. The number of hydrogen-bond donors (Lipinski definition) is 0. The number of pyridine rings is 1. The molecule has 0 saturated carbocycles. The minimum absolute atomic E-state index is 0.141. The summed E-state index contributed by atoms with van der Waals surface area (Å²) in [6.45, 7) is 3.44. The average Bonchev–Trinajstić information content (AvgIpc) is 2.72. The molecule has 0 saturated heterocycles. The molecule has 0 radical (unpaired) electrons. The van der Waals surface area contributed by atoms with Crippen molar-refractivity contribution >= 4 is 21.9 Å². The van der Waals surface area contributed by atoms with E-state index in [0.717, 1.165) is 23.3 Å². The van der Waals surface area contributed by atoms with Gasteiger partial charge in [-0.2, -0.15) is 0 Å². The van der Waals surface area contributed by atoms with E-state index in [4.69, 9.17) is 4.74 Å². The fraction of sp³-hybridized carbons (Fsp3) is 0.217. The van der Waals surface area contributed by atoms with Crippen molar-refractivity contribution in [2.24, 2.45) is 0 Å². The molecule has 0 aliphatic rings. The molecule has 0 amide bonds. The molecule has 0 aliphatic heterocycles. The van der Waals surface area contributed by atoms with Gasteiger partial charge < -0.3 is 9.47 Å². The van der Waals surface area contributed by atoms with Gasteiger partial charge in [0.15, 0.2) is 0 Å². The van der Waals surface area contributed by atoms with Gasteiger partial charge in [-0.3, -0.25) is 14.2 Å². The van der Waals surface area contributed by atoms with Crippen molar-refractivity contribution in [1.29, 1.82) is 0 Å². The second-order valence-electron chi connectivity index (χ2n) is 7.00. The maximum atomic E-state index is 13.9. The van der Waals surface area contributed by atoms with E-state index >= 15 is 0 Å². The van der Waals surface area contributed by atoms with Gasteiger partial charge >= 0.3 is 5.97 Å². The molecule has 3 rings (SSSR count). The number of aromatic nitrogens is 1. The molecule has 162 valence electrons. The molecule has 3 aromatic rings. The molecule has 0 unspecified atom stereocenters. The van der Waals surface area contributed by atoms with Crippen LogP contribution in [-0.4, -0.2) is 17.6 Å². The SMILES string of the molecule is COC(=O)Cc1ccc(-n2c(C)cc(OCc3ccc(F)cc3F)c(Br)c2=O)c(C)c1. The van der Waals surface area contributed by atoms with Gasteiger partial charge in [0.1, 0.15) is 28.5 Å². The summed E-state index contributed by atoms with van der Waals surface area (Å²) in [5.41, 5.74) is 2.67. The normalized spacial score (nSPS) is 10.8. The van der Waals surface area contributed by atoms with Gasteiger partial charge in [-0.15, -0.1) is 0 Å². The van der Waals surface area contributed by atoms with Gasteiger partial charge in [0, 0.05) is 23.4 Å². The molecule has 0 spiro atoms. The van der Waals surface area contributed by atoms with Crippen LogP contribution in [-0.2, 0) is 22.6 Å². The smallest absolute Gasteiger partial charge is 0.309 e. The van der Waals surface area contributed by atoms with Crippen LogP contribution in [0.5, 0.6) is 5.75 Å². The predicted octanol–water partition coefficient (Wildman–Crippen LogP) is 4.79. The van der Waals surface area contributed by atoms with Gasteiger partial charge in [-0.05, 0) is 59.1 Å². The molecule has 2 aromatic carbocycles. The summed E-state index contributed by atoms with van der Waals surface area (Å²) in [6, 6.07) is 10.2. The lowest BCUT2D eigenvalue weighted by Crippen LogP contribution is -2.23. The van der Waals surface area contributed by atoms with Crippen molar-refractivity contribution in [2.45, 2.75) is 26.9 Å². The van der Waals surface area contributed by atoms with Crippen LogP contribution >= 0.6 is 15.9 Å². The van der Waals surface area contributed by atoms with Crippen molar-refractivity contribution < 1.29 is 23.0 Å². The molecule has 31 heavy (non-hydrogen) atoms. The van der Waals surface area contributed by atoms with Crippen LogP contribution in [0.15, 0.2) is 51.7 Å². The zero-order valence-electron chi connectivity index (χ0n) is 17.2. The number of aryl methyl sites for hydroxylation is 2. The Morgan fingerprint density at radius 2 is 1.84 bits per heavy atom. The molecule has 1 aromatic heterocycles. The number of carbonyl (C=O) groups excluding carboxylic acids is 1. The summed E-state index contributed by atoms with van der Waals surface area (Å²) >= 11 is 3.27. The first-order chi connectivity index (χ1) is 14.7. The van der Waals surface area contributed by atoms with Crippen LogP contribution in [0.2, 0.25) is 0 Å². The standard InChI is InChI=1S/C23H20BrF2NO4/c1-13-8-15(10-21(28)30-3)4-7-19(13)27-14(2)9-20(22(24)23(27)29)31-12-16-5-6-17(25)11-18(16)26/h4-9,11H,10,12H2,1-3H3. The third-order valence-electron chi connectivity index (χ3n) is 4.78. The Morgan fingerprint density at radius 1 is 1.10 bits per heavy atom. The summed E-state index contributed by atoms with van der Waals surface area (Å²) < 4.78 is 38.9. The van der Waals surface area contributed by atoms with Gasteiger partial charge in [0.2, 0.25) is 0 Å². The first-order valence-electron chi connectivity index (χ1n) is 9.37. The van der Waals surface area contributed by atoms with E-state index in [2.05, 4.69) is 20.7 Å². The Labute approximate surface area is 186 Å². The highest BCUT2D eigenvalue weighted by molar-refractivity contribution is 9.10. The van der Waals surface area contributed by atoms with Crippen molar-refractivity contribution in [1.82, 2.24) is 4.57 Å². The molecular weight excluding hydrogens is 472 g/mol. The fourth-order valence-electron chi connectivity index (χ4n) is 3.20. The molecule has 5 nitrogen and oxygen atoms in total. The second-order valence-corrected chi connectivity index (χ2v) is 7.80. The Balaban J connectivity index is 1.91. The zero-order chi connectivity index (χ0) is 22.7. The Hall–Kier alpha value is -3.00. The summed E-state index contributed by atoms with van der Waals surface area (Å²) in [4.78, 5) is 24.5. The monoisotopic (exact) mass is 491 g/mol. The number of esters is 1. The van der Waals surface area contributed by atoms with Gasteiger partial charge in [-0.25, -0.2) is 8.78 Å². The lowest BCUT2D eigenvalue weighted by molar-refractivity contribution is -0.139. The van der Waals surface area contributed by atoms with Crippen molar-refractivity contribution in [2.75, 3.05) is 7.11 Å². The van der Waals surface area contributed by atoms with Gasteiger partial charge in [0.05, 0.1) is 19.2 Å². The predicted molar refractivity (Wildman–Crippen MR) is 116 cm³/mol. The first kappa shape index (κ1) is 22.7. The summed E-state index contributed by atoms with van der Waals surface area (Å²) in [5, 5.41) is 0. The van der Waals surface area contributed by atoms with Crippen molar-refractivity contribution in [3.8, 4) is 11.4 Å². The largest absolute Gasteiger partial charge is 0.487 e. The molecule has 0 bridgehead atoms. The highest BCUT2D eigenvalue weighted by atomic mass is 79.9. The summed E-state index contributed by atoms with van der Waals surface area (Å²) in [6.07, 6.45) is 0.141. The second kappa shape index (κ2) is 9.43. The van der Waals surface area contributed by atoms with E-state index in [0.29, 0.717) is 11.4 Å². The fourth-order valence-corrected chi connectivity index (χ4v) is 3.60. The topological polar surface area (TPSA) is 57.5 Å². The third kappa shape index (κ3) is 5.02. The molecule has 0 aliphatic carbocycles. The van der Waals surface area contributed by atoms with Crippen molar-refractivity contribution in [3.63, 3.8) is 0 Å². The minimum Gasteiger partial charge on any atom is -0.487 e. The molecular formula is C23H20BrF2NO4. The average molecular weight is 492 g/mol. The summed E-state index contributed by atoms with van der Waals surface area (Å²) in [5.74, 6) is -1.48. The summed E-state index contributed by atoms with van der Waals surface area (Å²) in [7, 11) is 1.33. The van der Waals surface area contributed by atoms with Crippen LogP contribution < -0.4 is 10.3 Å².